The molecule has 38 heavy (non-hydrogen) atoms. The molecule has 2 heterocycles. The van der Waals surface area contributed by atoms with E-state index < -0.39 is 0 Å². The normalized spacial score (nSPS) is 12.2. The molecule has 0 bridgehead atoms. The SMILES string of the molecule is Cc1cccc(-c2ccc3c(c2)oc2cc4c(cc23)Oc2cccc3c(-c5cccc(C)c5)ccc-4c23)c1. The van der Waals surface area contributed by atoms with Gasteiger partial charge in [0.1, 0.15) is 22.7 Å². The Kier molecular flexibility index (Phi) is 4.39. The van der Waals surface area contributed by atoms with Gasteiger partial charge in [0.05, 0.1) is 0 Å². The summed E-state index contributed by atoms with van der Waals surface area (Å²) in [6.45, 7) is 4.26. The standard InChI is InChI=1S/C36H24O2/c1-21-6-3-8-23(16-21)24-12-13-27-30-19-35-31(20-34(30)38-33(27)18-24)29-15-14-26(25-9-4-7-22(2)17-25)28-10-5-11-32(37-35)36(28)29/h3-20H,1-2H3. The molecular formula is C36H24O2. The number of rotatable bonds is 2. The second kappa shape index (κ2) is 7.84. The molecule has 0 radical (unpaired) electrons. The molecule has 7 aromatic rings. The van der Waals surface area contributed by atoms with Crippen LogP contribution in [0.2, 0.25) is 0 Å². The summed E-state index contributed by atoms with van der Waals surface area (Å²) in [5.74, 6) is 1.76. The van der Waals surface area contributed by atoms with Gasteiger partial charge < -0.3 is 9.15 Å². The van der Waals surface area contributed by atoms with Gasteiger partial charge in [-0.2, -0.15) is 0 Å². The fraction of sp³-hybridized carbons (Fsp3) is 0.0556. The van der Waals surface area contributed by atoms with E-state index in [-0.39, 0.29) is 0 Å². The monoisotopic (exact) mass is 488 g/mol. The zero-order chi connectivity index (χ0) is 25.4. The van der Waals surface area contributed by atoms with Gasteiger partial charge in [-0.1, -0.05) is 90.0 Å². The van der Waals surface area contributed by atoms with Crippen molar-refractivity contribution in [1.29, 1.82) is 0 Å². The number of furan rings is 1. The smallest absolute Gasteiger partial charge is 0.136 e. The van der Waals surface area contributed by atoms with Gasteiger partial charge in [0.2, 0.25) is 0 Å². The molecule has 6 aromatic carbocycles. The van der Waals surface area contributed by atoms with Crippen LogP contribution in [0, 0.1) is 13.8 Å². The molecule has 8 rings (SSSR count). The maximum absolute atomic E-state index is 6.56. The fourth-order valence-electron chi connectivity index (χ4n) is 5.97. The maximum atomic E-state index is 6.56. The third-order valence-electron chi connectivity index (χ3n) is 7.77. The van der Waals surface area contributed by atoms with Crippen LogP contribution in [0.15, 0.2) is 114 Å². The van der Waals surface area contributed by atoms with Crippen LogP contribution in [0.1, 0.15) is 11.1 Å². The van der Waals surface area contributed by atoms with Crippen molar-refractivity contribution in [1.82, 2.24) is 0 Å². The largest absolute Gasteiger partial charge is 0.456 e. The predicted octanol–water partition coefficient (Wildman–Crippen LogP) is 10.5. The topological polar surface area (TPSA) is 22.4 Å². The second-order valence-electron chi connectivity index (χ2n) is 10.3. The molecule has 0 amide bonds. The Morgan fingerprint density at radius 2 is 1.16 bits per heavy atom. The zero-order valence-electron chi connectivity index (χ0n) is 21.2. The molecule has 1 aliphatic heterocycles. The Balaban J connectivity index is 1.32. The lowest BCUT2D eigenvalue weighted by molar-refractivity contribution is 0.487. The van der Waals surface area contributed by atoms with E-state index in [2.05, 4.69) is 123 Å². The van der Waals surface area contributed by atoms with Gasteiger partial charge in [-0.05, 0) is 77.4 Å². The van der Waals surface area contributed by atoms with Crippen LogP contribution >= 0.6 is 0 Å². The molecule has 0 fully saturated rings. The first-order valence-corrected chi connectivity index (χ1v) is 13.0. The van der Waals surface area contributed by atoms with Gasteiger partial charge in [0.15, 0.2) is 0 Å². The molecule has 0 saturated heterocycles. The number of benzene rings is 6. The Morgan fingerprint density at radius 3 is 2.00 bits per heavy atom. The van der Waals surface area contributed by atoms with E-state index in [4.69, 9.17) is 9.15 Å². The minimum Gasteiger partial charge on any atom is -0.456 e. The molecular weight excluding hydrogens is 464 g/mol. The highest BCUT2D eigenvalue weighted by atomic mass is 16.5. The molecule has 2 nitrogen and oxygen atoms in total. The lowest BCUT2D eigenvalue weighted by atomic mass is 9.89. The van der Waals surface area contributed by atoms with E-state index >= 15 is 0 Å². The molecule has 0 aliphatic carbocycles. The number of fused-ring (bicyclic) bond motifs is 5. The van der Waals surface area contributed by atoms with Gasteiger partial charge in [-0.3, -0.25) is 0 Å². The molecule has 0 saturated carbocycles. The molecule has 180 valence electrons. The highest BCUT2D eigenvalue weighted by molar-refractivity contribution is 6.13. The van der Waals surface area contributed by atoms with Crippen molar-refractivity contribution in [3.8, 4) is 44.9 Å². The summed E-state index contributed by atoms with van der Waals surface area (Å²) in [6, 6.07) is 38.8. The van der Waals surface area contributed by atoms with Gasteiger partial charge in [0.25, 0.3) is 0 Å². The van der Waals surface area contributed by atoms with Crippen molar-refractivity contribution in [3.63, 3.8) is 0 Å². The number of hydrogen-bond donors (Lipinski definition) is 0. The summed E-state index contributed by atoms with van der Waals surface area (Å²) < 4.78 is 13.0. The Morgan fingerprint density at radius 1 is 0.447 bits per heavy atom. The summed E-state index contributed by atoms with van der Waals surface area (Å²) in [5.41, 5.74) is 11.3. The second-order valence-corrected chi connectivity index (χ2v) is 10.3. The third kappa shape index (κ3) is 3.13. The maximum Gasteiger partial charge on any atom is 0.136 e. The van der Waals surface area contributed by atoms with Crippen molar-refractivity contribution in [3.05, 3.63) is 120 Å². The minimum absolute atomic E-state index is 0.867. The van der Waals surface area contributed by atoms with Gasteiger partial charge in [0, 0.05) is 21.7 Å². The van der Waals surface area contributed by atoms with Crippen LogP contribution in [0.25, 0.3) is 66.1 Å². The van der Waals surface area contributed by atoms with E-state index in [1.165, 1.54) is 38.8 Å². The first kappa shape index (κ1) is 21.3. The lowest BCUT2D eigenvalue weighted by Gasteiger charge is -2.22. The quantitative estimate of drug-likeness (QED) is 0.241. The Bertz CT molecular complexity index is 2080. The van der Waals surface area contributed by atoms with Crippen molar-refractivity contribution in [2.75, 3.05) is 0 Å². The van der Waals surface area contributed by atoms with E-state index in [0.29, 0.717) is 0 Å². The van der Waals surface area contributed by atoms with Crippen molar-refractivity contribution in [2.24, 2.45) is 0 Å². The van der Waals surface area contributed by atoms with Crippen LogP contribution < -0.4 is 4.74 Å². The Labute approximate surface area is 220 Å². The van der Waals surface area contributed by atoms with Crippen molar-refractivity contribution in [2.45, 2.75) is 13.8 Å². The first-order valence-electron chi connectivity index (χ1n) is 13.0. The van der Waals surface area contributed by atoms with Crippen molar-refractivity contribution >= 4 is 32.7 Å². The highest BCUT2D eigenvalue weighted by Gasteiger charge is 2.24. The molecule has 2 heteroatoms. The molecule has 1 aromatic heterocycles. The molecule has 0 atom stereocenters. The van der Waals surface area contributed by atoms with Crippen LogP contribution in [-0.4, -0.2) is 0 Å². The number of hydrogen-bond acceptors (Lipinski definition) is 2. The molecule has 0 spiro atoms. The van der Waals surface area contributed by atoms with Gasteiger partial charge in [-0.15, -0.1) is 0 Å². The zero-order valence-corrected chi connectivity index (χ0v) is 21.2. The van der Waals surface area contributed by atoms with Crippen LogP contribution in [0.5, 0.6) is 11.5 Å². The van der Waals surface area contributed by atoms with E-state index in [0.717, 1.165) is 50.0 Å². The minimum atomic E-state index is 0.867. The number of aryl methyl sites for hydroxylation is 2. The van der Waals surface area contributed by atoms with Crippen LogP contribution in [0.4, 0.5) is 0 Å². The van der Waals surface area contributed by atoms with Gasteiger partial charge in [-0.25, -0.2) is 0 Å². The summed E-state index contributed by atoms with van der Waals surface area (Å²) in [5, 5.41) is 4.52. The van der Waals surface area contributed by atoms with E-state index in [1.807, 2.05) is 0 Å². The average Bonchev–Trinajstić information content (AvgIpc) is 3.29. The Hall–Kier alpha value is -4.82. The van der Waals surface area contributed by atoms with E-state index in [1.54, 1.807) is 0 Å². The fourth-order valence-corrected chi connectivity index (χ4v) is 5.97. The summed E-state index contributed by atoms with van der Waals surface area (Å²) in [6.07, 6.45) is 0. The highest BCUT2D eigenvalue weighted by Crippen LogP contribution is 2.50. The summed E-state index contributed by atoms with van der Waals surface area (Å²) in [7, 11) is 0. The van der Waals surface area contributed by atoms with E-state index in [9.17, 15) is 0 Å². The van der Waals surface area contributed by atoms with Gasteiger partial charge >= 0.3 is 0 Å². The first-order chi connectivity index (χ1) is 18.6. The lowest BCUT2D eigenvalue weighted by Crippen LogP contribution is -1.98. The van der Waals surface area contributed by atoms with Crippen molar-refractivity contribution < 1.29 is 9.15 Å². The molecule has 0 unspecified atom stereocenters. The molecule has 0 N–H and O–H groups in total. The third-order valence-corrected chi connectivity index (χ3v) is 7.77. The predicted molar refractivity (Wildman–Crippen MR) is 157 cm³/mol. The average molecular weight is 489 g/mol. The van der Waals surface area contributed by atoms with Crippen LogP contribution in [0.3, 0.4) is 0 Å². The molecule has 1 aliphatic rings. The number of ether oxygens (including phenoxy) is 1. The summed E-state index contributed by atoms with van der Waals surface area (Å²) in [4.78, 5) is 0. The summed E-state index contributed by atoms with van der Waals surface area (Å²) >= 11 is 0. The van der Waals surface area contributed by atoms with Crippen LogP contribution in [-0.2, 0) is 0 Å².